The zero-order chi connectivity index (χ0) is 13.9. The Labute approximate surface area is 113 Å². The van der Waals surface area contributed by atoms with Crippen LogP contribution in [0.15, 0.2) is 18.2 Å². The second kappa shape index (κ2) is 5.85. The number of nitrogens with one attached hydrogen (secondary N) is 1. The lowest BCUT2D eigenvalue weighted by Gasteiger charge is -2.22. The van der Waals surface area contributed by atoms with Crippen molar-refractivity contribution in [3.05, 3.63) is 23.9 Å². The average molecular weight is 285 g/mol. The topological polar surface area (TPSA) is 82.5 Å². The van der Waals surface area contributed by atoms with E-state index in [9.17, 15) is 8.42 Å². The van der Waals surface area contributed by atoms with Crippen LogP contribution in [0.3, 0.4) is 0 Å². The number of nitrogens with zero attached hydrogens (tertiary/aromatic N) is 2. The van der Waals surface area contributed by atoms with E-state index >= 15 is 0 Å². The summed E-state index contributed by atoms with van der Waals surface area (Å²) in [6, 6.07) is 5.32. The number of hydrogen-bond acceptors (Lipinski definition) is 5. The van der Waals surface area contributed by atoms with Crippen molar-refractivity contribution in [2.75, 3.05) is 31.3 Å². The van der Waals surface area contributed by atoms with Crippen molar-refractivity contribution in [2.45, 2.75) is 18.9 Å². The normalized spacial score (nSPS) is 20.6. The third-order valence-electron chi connectivity index (χ3n) is 3.16. The van der Waals surface area contributed by atoms with Crippen molar-refractivity contribution in [3.8, 4) is 0 Å². The molecule has 1 aliphatic rings. The van der Waals surface area contributed by atoms with Crippen molar-refractivity contribution >= 4 is 15.8 Å². The Morgan fingerprint density at radius 2 is 2.32 bits per heavy atom. The van der Waals surface area contributed by atoms with Crippen molar-refractivity contribution in [2.24, 2.45) is 0 Å². The molecule has 1 saturated heterocycles. The second-order valence-corrected chi connectivity index (χ2v) is 6.56. The van der Waals surface area contributed by atoms with Crippen LogP contribution in [-0.2, 0) is 10.0 Å². The molecular weight excluding hydrogens is 266 g/mol. The minimum absolute atomic E-state index is 0.0325. The first-order chi connectivity index (χ1) is 9.02. The lowest BCUT2D eigenvalue weighted by Crippen LogP contribution is -2.30. The molecule has 0 saturated carbocycles. The van der Waals surface area contributed by atoms with Gasteiger partial charge in [0.05, 0.1) is 24.6 Å². The molecule has 19 heavy (non-hydrogen) atoms. The van der Waals surface area contributed by atoms with Gasteiger partial charge in [0.25, 0.3) is 0 Å². The fourth-order valence-electron chi connectivity index (χ4n) is 2.35. The predicted octanol–water partition coefficient (Wildman–Crippen LogP) is 0.582. The number of sulfonamides is 1. The molecule has 0 radical (unpaired) electrons. The third kappa shape index (κ3) is 3.43. The SMILES string of the molecule is CS(=O)(=O)N1CCCC1c1cccc(NCCO)n1. The van der Waals surface area contributed by atoms with Crippen LogP contribution in [-0.4, -0.2) is 48.8 Å². The molecule has 0 aromatic carbocycles. The predicted molar refractivity (Wildman–Crippen MR) is 73.3 cm³/mol. The fourth-order valence-corrected chi connectivity index (χ4v) is 3.49. The van der Waals surface area contributed by atoms with Gasteiger partial charge < -0.3 is 10.4 Å². The molecule has 2 rings (SSSR count). The molecule has 0 aliphatic carbocycles. The molecule has 1 aromatic rings. The number of aromatic nitrogens is 1. The highest BCUT2D eigenvalue weighted by Crippen LogP contribution is 2.33. The van der Waals surface area contributed by atoms with E-state index in [2.05, 4.69) is 10.3 Å². The van der Waals surface area contributed by atoms with Crippen LogP contribution in [0, 0.1) is 0 Å². The van der Waals surface area contributed by atoms with Crippen LogP contribution >= 0.6 is 0 Å². The second-order valence-electron chi connectivity index (χ2n) is 4.63. The van der Waals surface area contributed by atoms with Crippen LogP contribution in [0.5, 0.6) is 0 Å². The first kappa shape index (κ1) is 14.2. The maximum absolute atomic E-state index is 11.7. The molecule has 1 aliphatic heterocycles. The smallest absolute Gasteiger partial charge is 0.211 e. The Bertz CT molecular complexity index is 533. The van der Waals surface area contributed by atoms with E-state index in [1.54, 1.807) is 6.07 Å². The quantitative estimate of drug-likeness (QED) is 0.827. The molecule has 1 aromatic heterocycles. The van der Waals surface area contributed by atoms with Crippen LogP contribution < -0.4 is 5.32 Å². The van der Waals surface area contributed by atoms with E-state index in [1.165, 1.54) is 10.6 Å². The lowest BCUT2D eigenvalue weighted by atomic mass is 10.1. The Balaban J connectivity index is 2.21. The molecule has 1 atom stereocenters. The molecular formula is C12H19N3O3S. The van der Waals surface area contributed by atoms with Gasteiger partial charge in [-0.05, 0) is 25.0 Å². The first-order valence-corrected chi connectivity index (χ1v) is 8.15. The molecule has 106 valence electrons. The zero-order valence-corrected chi connectivity index (χ0v) is 11.7. The molecule has 6 nitrogen and oxygen atoms in total. The van der Waals surface area contributed by atoms with Crippen LogP contribution in [0.4, 0.5) is 5.82 Å². The van der Waals surface area contributed by atoms with Crippen LogP contribution in [0.25, 0.3) is 0 Å². The van der Waals surface area contributed by atoms with Gasteiger partial charge in [-0.2, -0.15) is 4.31 Å². The van der Waals surface area contributed by atoms with Crippen LogP contribution in [0.1, 0.15) is 24.6 Å². The molecule has 0 amide bonds. The highest BCUT2D eigenvalue weighted by Gasteiger charge is 2.33. The van der Waals surface area contributed by atoms with Crippen molar-refractivity contribution < 1.29 is 13.5 Å². The fraction of sp³-hybridized carbons (Fsp3) is 0.583. The highest BCUT2D eigenvalue weighted by molar-refractivity contribution is 7.88. The van der Waals surface area contributed by atoms with Crippen molar-refractivity contribution in [1.82, 2.24) is 9.29 Å². The minimum atomic E-state index is -3.20. The summed E-state index contributed by atoms with van der Waals surface area (Å²) in [5.41, 5.74) is 0.755. The van der Waals surface area contributed by atoms with E-state index in [-0.39, 0.29) is 12.6 Å². The maximum atomic E-state index is 11.7. The monoisotopic (exact) mass is 285 g/mol. The number of pyridine rings is 1. The van der Waals surface area contributed by atoms with E-state index < -0.39 is 10.0 Å². The molecule has 2 N–H and O–H groups in total. The van der Waals surface area contributed by atoms with E-state index in [1.807, 2.05) is 12.1 Å². The van der Waals surface area contributed by atoms with Gasteiger partial charge in [0.2, 0.25) is 10.0 Å². The van der Waals surface area contributed by atoms with Gasteiger partial charge in [0.1, 0.15) is 5.82 Å². The number of aliphatic hydroxyl groups excluding tert-OH is 1. The summed E-state index contributed by atoms with van der Waals surface area (Å²) in [6.07, 6.45) is 2.89. The Morgan fingerprint density at radius 1 is 1.53 bits per heavy atom. The first-order valence-electron chi connectivity index (χ1n) is 6.31. The number of rotatable bonds is 5. The van der Waals surface area contributed by atoms with Gasteiger partial charge in [-0.3, -0.25) is 0 Å². The Hall–Kier alpha value is -1.18. The van der Waals surface area contributed by atoms with Gasteiger partial charge in [0, 0.05) is 13.1 Å². The Kier molecular flexibility index (Phi) is 4.38. The Morgan fingerprint density at radius 3 is 3.00 bits per heavy atom. The summed E-state index contributed by atoms with van der Waals surface area (Å²) in [6.45, 7) is 1.02. The minimum Gasteiger partial charge on any atom is -0.395 e. The number of hydrogen-bond donors (Lipinski definition) is 2. The van der Waals surface area contributed by atoms with Gasteiger partial charge in [0.15, 0.2) is 0 Å². The molecule has 7 heteroatoms. The number of anilines is 1. The largest absolute Gasteiger partial charge is 0.395 e. The van der Waals surface area contributed by atoms with E-state index in [0.29, 0.717) is 18.9 Å². The molecule has 2 heterocycles. The van der Waals surface area contributed by atoms with Crippen molar-refractivity contribution in [1.29, 1.82) is 0 Å². The summed E-state index contributed by atoms with van der Waals surface area (Å²) in [4.78, 5) is 4.43. The number of aliphatic hydroxyl groups is 1. The standard InChI is InChI=1S/C12H19N3O3S/c1-19(17,18)15-8-3-5-11(15)10-4-2-6-12(14-10)13-7-9-16/h2,4,6,11,16H,3,5,7-9H2,1H3,(H,13,14). The average Bonchev–Trinajstić information content (AvgIpc) is 2.86. The summed E-state index contributed by atoms with van der Waals surface area (Å²) in [5.74, 6) is 0.659. The van der Waals surface area contributed by atoms with Gasteiger partial charge in [-0.25, -0.2) is 13.4 Å². The van der Waals surface area contributed by atoms with Gasteiger partial charge in [-0.15, -0.1) is 0 Å². The molecule has 1 fully saturated rings. The van der Waals surface area contributed by atoms with E-state index in [0.717, 1.165) is 18.5 Å². The lowest BCUT2D eigenvalue weighted by molar-refractivity contribution is 0.311. The molecule has 0 bridgehead atoms. The van der Waals surface area contributed by atoms with Crippen molar-refractivity contribution in [3.63, 3.8) is 0 Å². The zero-order valence-electron chi connectivity index (χ0n) is 10.9. The van der Waals surface area contributed by atoms with Gasteiger partial charge >= 0.3 is 0 Å². The maximum Gasteiger partial charge on any atom is 0.211 e. The molecule has 0 spiro atoms. The van der Waals surface area contributed by atoms with Crippen LogP contribution in [0.2, 0.25) is 0 Å². The summed E-state index contributed by atoms with van der Waals surface area (Å²) >= 11 is 0. The summed E-state index contributed by atoms with van der Waals surface area (Å²) in [7, 11) is -3.20. The highest BCUT2D eigenvalue weighted by atomic mass is 32.2. The van der Waals surface area contributed by atoms with E-state index in [4.69, 9.17) is 5.11 Å². The third-order valence-corrected chi connectivity index (χ3v) is 4.45. The molecule has 1 unspecified atom stereocenters. The summed E-state index contributed by atoms with van der Waals surface area (Å²) < 4.78 is 25.0. The van der Waals surface area contributed by atoms with Gasteiger partial charge in [-0.1, -0.05) is 6.07 Å². The summed E-state index contributed by atoms with van der Waals surface area (Å²) in [5, 5.41) is 11.8.